The third-order valence-electron chi connectivity index (χ3n) is 4.50. The van der Waals surface area contributed by atoms with E-state index in [1.807, 2.05) is 36.4 Å². The molecule has 148 valence electrons. The van der Waals surface area contributed by atoms with Gasteiger partial charge in [0.15, 0.2) is 5.96 Å². The lowest BCUT2D eigenvalue weighted by atomic mass is 10.0. The Morgan fingerprint density at radius 2 is 1.44 bits per heavy atom. The highest BCUT2D eigenvalue weighted by Gasteiger charge is 2.15. The lowest BCUT2D eigenvalue weighted by Gasteiger charge is -2.26. The molecule has 2 rings (SSSR count). The van der Waals surface area contributed by atoms with Gasteiger partial charge in [-0.05, 0) is 25.2 Å². The number of halogens is 1. The second-order valence-corrected chi connectivity index (χ2v) is 6.51. The third kappa shape index (κ3) is 7.48. The number of rotatable bonds is 8. The number of guanidine groups is 1. The Kier molecular flexibility index (Phi) is 11.0. The Labute approximate surface area is 179 Å². The maximum Gasteiger partial charge on any atom is 0.191 e. The average Bonchev–Trinajstić information content (AvgIpc) is 2.68. The zero-order chi connectivity index (χ0) is 18.8. The molecule has 2 aromatic carbocycles. The summed E-state index contributed by atoms with van der Waals surface area (Å²) in [6, 6.07) is 20.7. The van der Waals surface area contributed by atoms with Gasteiger partial charge in [-0.2, -0.15) is 0 Å². The highest BCUT2D eigenvalue weighted by molar-refractivity contribution is 14.0. The molecule has 3 N–H and O–H groups in total. The lowest BCUT2D eigenvalue weighted by molar-refractivity contribution is 0.264. The van der Waals surface area contributed by atoms with Gasteiger partial charge in [0.2, 0.25) is 0 Å². The van der Waals surface area contributed by atoms with E-state index in [-0.39, 0.29) is 42.5 Å². The van der Waals surface area contributed by atoms with Crippen molar-refractivity contribution in [2.75, 3.05) is 40.8 Å². The number of aliphatic hydroxyl groups is 1. The SMILES string of the molecule is CN=C(NCC(CO)c1ccccc1)NCC(c1ccccc1)N(C)C.I. The topological polar surface area (TPSA) is 59.9 Å². The molecule has 0 bridgehead atoms. The first kappa shape index (κ1) is 23.4. The molecule has 2 aromatic rings. The molecule has 5 nitrogen and oxygen atoms in total. The van der Waals surface area contributed by atoms with E-state index in [1.54, 1.807) is 7.05 Å². The van der Waals surface area contributed by atoms with Crippen LogP contribution in [0.25, 0.3) is 0 Å². The first-order valence-corrected chi connectivity index (χ1v) is 8.97. The van der Waals surface area contributed by atoms with E-state index >= 15 is 0 Å². The van der Waals surface area contributed by atoms with Gasteiger partial charge in [0.1, 0.15) is 0 Å². The van der Waals surface area contributed by atoms with Crippen molar-refractivity contribution in [3.8, 4) is 0 Å². The van der Waals surface area contributed by atoms with Crippen molar-refractivity contribution < 1.29 is 5.11 Å². The Morgan fingerprint density at radius 1 is 0.926 bits per heavy atom. The van der Waals surface area contributed by atoms with E-state index in [0.29, 0.717) is 6.54 Å². The highest BCUT2D eigenvalue weighted by Crippen LogP contribution is 2.17. The molecule has 2 unspecified atom stereocenters. The number of aliphatic hydroxyl groups excluding tert-OH is 1. The molecule has 0 amide bonds. The summed E-state index contributed by atoms with van der Waals surface area (Å²) in [5.74, 6) is 0.774. The van der Waals surface area contributed by atoms with Gasteiger partial charge in [0, 0.05) is 26.1 Å². The van der Waals surface area contributed by atoms with E-state index in [4.69, 9.17) is 0 Å². The average molecular weight is 482 g/mol. The first-order valence-electron chi connectivity index (χ1n) is 8.97. The van der Waals surface area contributed by atoms with E-state index in [1.165, 1.54) is 5.56 Å². The van der Waals surface area contributed by atoms with Gasteiger partial charge in [-0.25, -0.2) is 0 Å². The zero-order valence-electron chi connectivity index (χ0n) is 16.3. The van der Waals surface area contributed by atoms with Gasteiger partial charge < -0.3 is 20.6 Å². The number of hydrogen-bond acceptors (Lipinski definition) is 3. The van der Waals surface area contributed by atoms with Gasteiger partial charge in [-0.1, -0.05) is 60.7 Å². The predicted octanol–water partition coefficient (Wildman–Crippen LogP) is 2.85. The number of likely N-dealkylation sites (N-methyl/N-ethyl adjacent to an activating group) is 1. The van der Waals surface area contributed by atoms with Gasteiger partial charge in [-0.3, -0.25) is 4.99 Å². The lowest BCUT2D eigenvalue weighted by Crippen LogP contribution is -2.43. The maximum atomic E-state index is 9.70. The number of nitrogens with one attached hydrogen (secondary N) is 2. The van der Waals surface area contributed by atoms with E-state index in [9.17, 15) is 5.11 Å². The van der Waals surface area contributed by atoms with Crippen LogP contribution in [0.5, 0.6) is 0 Å². The third-order valence-corrected chi connectivity index (χ3v) is 4.50. The van der Waals surface area contributed by atoms with Crippen molar-refractivity contribution in [2.24, 2.45) is 4.99 Å². The van der Waals surface area contributed by atoms with Crippen LogP contribution in [0.4, 0.5) is 0 Å². The fourth-order valence-corrected chi connectivity index (χ4v) is 2.92. The standard InChI is InChI=1S/C21H30N4O.HI/c1-22-21(23-14-19(16-26)17-10-6-4-7-11-17)24-15-20(25(2)3)18-12-8-5-9-13-18;/h4-13,19-20,26H,14-16H2,1-3H3,(H2,22,23,24);1H. The van der Waals surface area contributed by atoms with Crippen molar-refractivity contribution in [3.05, 3.63) is 71.8 Å². The van der Waals surface area contributed by atoms with Crippen molar-refractivity contribution in [2.45, 2.75) is 12.0 Å². The molecule has 0 heterocycles. The summed E-state index contributed by atoms with van der Waals surface area (Å²) in [7, 11) is 5.92. The molecule has 0 aliphatic rings. The largest absolute Gasteiger partial charge is 0.396 e. The first-order chi connectivity index (χ1) is 12.7. The molecule has 0 aliphatic carbocycles. The Morgan fingerprint density at radius 3 is 1.93 bits per heavy atom. The predicted molar refractivity (Wildman–Crippen MR) is 124 cm³/mol. The summed E-state index contributed by atoms with van der Waals surface area (Å²) < 4.78 is 0. The molecule has 0 fully saturated rings. The molecule has 0 radical (unpaired) electrons. The van der Waals surface area contributed by atoms with Crippen LogP contribution in [-0.4, -0.2) is 56.8 Å². The second-order valence-electron chi connectivity index (χ2n) is 6.51. The molecular weight excluding hydrogens is 451 g/mol. The van der Waals surface area contributed by atoms with Crippen LogP contribution in [0.15, 0.2) is 65.7 Å². The number of hydrogen-bond donors (Lipinski definition) is 3. The molecule has 6 heteroatoms. The molecule has 0 saturated heterocycles. The van der Waals surface area contributed by atoms with Crippen LogP contribution in [-0.2, 0) is 0 Å². The molecule has 0 aliphatic heterocycles. The van der Waals surface area contributed by atoms with E-state index in [0.717, 1.165) is 18.1 Å². The van der Waals surface area contributed by atoms with Crippen LogP contribution in [0.1, 0.15) is 23.1 Å². The summed E-state index contributed by atoms with van der Waals surface area (Å²) in [6.07, 6.45) is 0. The molecule has 0 spiro atoms. The molecule has 27 heavy (non-hydrogen) atoms. The molecule has 0 aromatic heterocycles. The van der Waals surface area contributed by atoms with Crippen LogP contribution in [0.2, 0.25) is 0 Å². The number of aliphatic imine (C=N–C) groups is 1. The van der Waals surface area contributed by atoms with E-state index < -0.39 is 0 Å². The minimum absolute atomic E-state index is 0. The van der Waals surface area contributed by atoms with Crippen molar-refractivity contribution in [1.29, 1.82) is 0 Å². The van der Waals surface area contributed by atoms with Crippen LogP contribution in [0, 0.1) is 0 Å². The zero-order valence-corrected chi connectivity index (χ0v) is 18.6. The summed E-state index contributed by atoms with van der Waals surface area (Å²) in [5, 5.41) is 16.4. The quantitative estimate of drug-likeness (QED) is 0.308. The van der Waals surface area contributed by atoms with Gasteiger partial charge in [0.05, 0.1) is 12.6 Å². The highest BCUT2D eigenvalue weighted by atomic mass is 127. The summed E-state index contributed by atoms with van der Waals surface area (Å²) in [4.78, 5) is 6.50. The fraction of sp³-hybridized carbons (Fsp3) is 0.381. The minimum Gasteiger partial charge on any atom is -0.396 e. The van der Waals surface area contributed by atoms with Crippen LogP contribution in [0.3, 0.4) is 0 Å². The summed E-state index contributed by atoms with van der Waals surface area (Å²) in [6.45, 7) is 1.46. The monoisotopic (exact) mass is 482 g/mol. The normalized spacial score (nSPS) is 13.6. The summed E-state index contributed by atoms with van der Waals surface area (Å²) in [5.41, 5.74) is 2.38. The van der Waals surface area contributed by atoms with Crippen molar-refractivity contribution in [3.63, 3.8) is 0 Å². The number of benzene rings is 2. The van der Waals surface area contributed by atoms with Gasteiger partial charge >= 0.3 is 0 Å². The molecular formula is C21H31IN4O. The van der Waals surface area contributed by atoms with Crippen molar-refractivity contribution >= 4 is 29.9 Å². The summed E-state index contributed by atoms with van der Waals surface area (Å²) >= 11 is 0. The molecule has 0 saturated carbocycles. The van der Waals surface area contributed by atoms with Crippen molar-refractivity contribution in [1.82, 2.24) is 15.5 Å². The Hall–Kier alpha value is -1.64. The minimum atomic E-state index is 0. The van der Waals surface area contributed by atoms with E-state index in [2.05, 4.69) is 58.9 Å². The Balaban J connectivity index is 0.00000364. The Bertz CT molecular complexity index is 664. The second kappa shape index (κ2) is 12.7. The fourth-order valence-electron chi connectivity index (χ4n) is 2.92. The van der Waals surface area contributed by atoms with Gasteiger partial charge in [0.25, 0.3) is 0 Å². The van der Waals surface area contributed by atoms with Crippen LogP contribution < -0.4 is 10.6 Å². The molecule has 2 atom stereocenters. The maximum absolute atomic E-state index is 9.70. The smallest absolute Gasteiger partial charge is 0.191 e. The number of nitrogens with zero attached hydrogens (tertiary/aromatic N) is 2. The van der Waals surface area contributed by atoms with Gasteiger partial charge in [-0.15, -0.1) is 24.0 Å². The van der Waals surface area contributed by atoms with Crippen LogP contribution >= 0.6 is 24.0 Å².